The van der Waals surface area contributed by atoms with E-state index in [0.29, 0.717) is 27.8 Å². The van der Waals surface area contributed by atoms with E-state index in [-0.39, 0.29) is 12.2 Å². The molecule has 2 aromatic rings. The van der Waals surface area contributed by atoms with Crippen molar-refractivity contribution in [3.63, 3.8) is 0 Å². The molecule has 0 saturated heterocycles. The highest BCUT2D eigenvalue weighted by atomic mass is 35.5. The first-order chi connectivity index (χ1) is 11.0. The van der Waals surface area contributed by atoms with Gasteiger partial charge in [0.2, 0.25) is 5.91 Å². The van der Waals surface area contributed by atoms with Crippen molar-refractivity contribution < 1.29 is 19.1 Å². The van der Waals surface area contributed by atoms with E-state index in [2.05, 4.69) is 5.32 Å². The van der Waals surface area contributed by atoms with Crippen molar-refractivity contribution in [1.29, 1.82) is 0 Å². The van der Waals surface area contributed by atoms with Crippen molar-refractivity contribution in [2.45, 2.75) is 6.42 Å². The molecule has 0 saturated carbocycles. The van der Waals surface area contributed by atoms with Crippen LogP contribution in [0, 0.1) is 0 Å². The van der Waals surface area contributed by atoms with Gasteiger partial charge < -0.3 is 14.8 Å². The Morgan fingerprint density at radius 1 is 1.04 bits per heavy atom. The summed E-state index contributed by atoms with van der Waals surface area (Å²) in [6, 6.07) is 11.7. The van der Waals surface area contributed by atoms with Gasteiger partial charge in [-0.25, -0.2) is 0 Å². The molecule has 0 unspecified atom stereocenters. The normalized spacial score (nSPS) is 10.0. The van der Waals surface area contributed by atoms with Crippen LogP contribution in [0.3, 0.4) is 0 Å². The third-order valence-corrected chi connectivity index (χ3v) is 3.46. The fraction of sp³-hybridized carbons (Fsp3) is 0.176. The summed E-state index contributed by atoms with van der Waals surface area (Å²) in [5, 5.41) is 2.96. The summed E-state index contributed by atoms with van der Waals surface area (Å²) in [5.74, 6) is 0.119. The summed E-state index contributed by atoms with van der Waals surface area (Å²) in [6.07, 6.45) is -0.267. The van der Waals surface area contributed by atoms with Gasteiger partial charge >= 0.3 is 0 Å². The topological polar surface area (TPSA) is 64.6 Å². The van der Waals surface area contributed by atoms with E-state index in [0.717, 1.165) is 0 Å². The van der Waals surface area contributed by atoms with Crippen LogP contribution in [-0.4, -0.2) is 25.9 Å². The number of ether oxygens (including phenoxy) is 2. The van der Waals surface area contributed by atoms with E-state index in [1.54, 1.807) is 36.4 Å². The summed E-state index contributed by atoms with van der Waals surface area (Å²) in [4.78, 5) is 24.1. The number of hydrogen-bond donors (Lipinski definition) is 1. The predicted molar refractivity (Wildman–Crippen MR) is 88.6 cm³/mol. The average molecular weight is 334 g/mol. The number of hydrogen-bond acceptors (Lipinski definition) is 4. The number of nitrogens with one attached hydrogen (secondary N) is 1. The zero-order valence-corrected chi connectivity index (χ0v) is 13.5. The lowest BCUT2D eigenvalue weighted by atomic mass is 10.1. The summed E-state index contributed by atoms with van der Waals surface area (Å²) in [7, 11) is 2.95. The minimum atomic E-state index is -0.446. The Morgan fingerprint density at radius 2 is 1.70 bits per heavy atom. The number of amides is 1. The summed E-state index contributed by atoms with van der Waals surface area (Å²) >= 11 is 6.04. The van der Waals surface area contributed by atoms with Crippen molar-refractivity contribution >= 4 is 29.0 Å². The molecule has 2 aromatic carbocycles. The summed E-state index contributed by atoms with van der Waals surface area (Å²) in [6.45, 7) is 0. The molecule has 0 aromatic heterocycles. The van der Waals surface area contributed by atoms with Gasteiger partial charge in [0.25, 0.3) is 0 Å². The highest BCUT2D eigenvalue weighted by Crippen LogP contribution is 2.35. The van der Waals surface area contributed by atoms with E-state index in [1.165, 1.54) is 20.3 Å². The number of benzene rings is 2. The number of carbonyl (C=O) groups excluding carboxylic acids is 2. The first-order valence-electron chi connectivity index (χ1n) is 6.84. The first-order valence-corrected chi connectivity index (χ1v) is 7.22. The van der Waals surface area contributed by atoms with Crippen LogP contribution < -0.4 is 14.8 Å². The van der Waals surface area contributed by atoms with Gasteiger partial charge in [0, 0.05) is 11.6 Å². The maximum Gasteiger partial charge on any atom is 0.232 e. The number of ketones is 1. The molecule has 0 aliphatic rings. The molecule has 0 atom stereocenters. The monoisotopic (exact) mass is 333 g/mol. The Labute approximate surface area is 139 Å². The van der Waals surface area contributed by atoms with Gasteiger partial charge in [0.1, 0.15) is 11.5 Å². The van der Waals surface area contributed by atoms with Crippen LogP contribution in [0.2, 0.25) is 5.02 Å². The molecule has 23 heavy (non-hydrogen) atoms. The van der Waals surface area contributed by atoms with E-state index in [1.807, 2.05) is 0 Å². The zero-order chi connectivity index (χ0) is 16.8. The third-order valence-electron chi connectivity index (χ3n) is 3.16. The van der Waals surface area contributed by atoms with Gasteiger partial charge in [-0.2, -0.15) is 0 Å². The molecule has 0 bridgehead atoms. The predicted octanol–water partition coefficient (Wildman–Crippen LogP) is 3.57. The molecule has 0 aliphatic carbocycles. The molecular formula is C17H16ClNO4. The van der Waals surface area contributed by atoms with Crippen LogP contribution in [0.5, 0.6) is 11.5 Å². The molecule has 1 amide bonds. The van der Waals surface area contributed by atoms with Gasteiger partial charge in [-0.1, -0.05) is 41.9 Å². The molecule has 0 heterocycles. The second-order valence-electron chi connectivity index (χ2n) is 4.70. The number of halogens is 1. The smallest absolute Gasteiger partial charge is 0.232 e. The molecular weight excluding hydrogens is 318 g/mol. The second-order valence-corrected chi connectivity index (χ2v) is 5.11. The van der Waals surface area contributed by atoms with Crippen molar-refractivity contribution in [3.05, 3.63) is 53.1 Å². The van der Waals surface area contributed by atoms with E-state index < -0.39 is 5.91 Å². The third kappa shape index (κ3) is 4.23. The lowest BCUT2D eigenvalue weighted by molar-refractivity contribution is -0.115. The molecule has 0 fully saturated rings. The Morgan fingerprint density at radius 3 is 2.30 bits per heavy atom. The lowest BCUT2D eigenvalue weighted by Crippen LogP contribution is -2.17. The van der Waals surface area contributed by atoms with E-state index in [9.17, 15) is 9.59 Å². The van der Waals surface area contributed by atoms with Gasteiger partial charge in [-0.15, -0.1) is 0 Å². The standard InChI is InChI=1S/C17H16ClNO4/c1-22-15-10-16(23-2)13(8-12(15)18)19-17(21)9-14(20)11-6-4-3-5-7-11/h3-8,10H,9H2,1-2H3,(H,19,21). The van der Waals surface area contributed by atoms with Crippen molar-refractivity contribution in [3.8, 4) is 11.5 Å². The Balaban J connectivity index is 2.11. The molecule has 0 spiro atoms. The fourth-order valence-corrected chi connectivity index (χ4v) is 2.26. The summed E-state index contributed by atoms with van der Waals surface area (Å²) < 4.78 is 10.3. The van der Waals surface area contributed by atoms with Crippen molar-refractivity contribution in [1.82, 2.24) is 0 Å². The number of anilines is 1. The van der Waals surface area contributed by atoms with E-state index >= 15 is 0 Å². The SMILES string of the molecule is COc1cc(OC)c(NC(=O)CC(=O)c2ccccc2)cc1Cl. The van der Waals surface area contributed by atoms with Crippen LogP contribution in [0.1, 0.15) is 16.8 Å². The maximum absolute atomic E-state index is 12.1. The second kappa shape index (κ2) is 7.65. The average Bonchev–Trinajstić information content (AvgIpc) is 2.55. The zero-order valence-electron chi connectivity index (χ0n) is 12.8. The molecule has 0 aliphatic heterocycles. The van der Waals surface area contributed by atoms with Crippen LogP contribution in [0.25, 0.3) is 0 Å². The fourth-order valence-electron chi connectivity index (χ4n) is 2.02. The quantitative estimate of drug-likeness (QED) is 0.648. The minimum absolute atomic E-state index is 0.262. The Hall–Kier alpha value is -2.53. The first kappa shape index (κ1) is 16.8. The highest BCUT2D eigenvalue weighted by molar-refractivity contribution is 6.32. The number of rotatable bonds is 6. The van der Waals surface area contributed by atoms with Crippen LogP contribution in [0.15, 0.2) is 42.5 Å². The van der Waals surface area contributed by atoms with Gasteiger partial charge in [0.15, 0.2) is 5.78 Å². The Bertz CT molecular complexity index is 716. The molecule has 2 rings (SSSR count). The molecule has 0 radical (unpaired) electrons. The van der Waals surface area contributed by atoms with Crippen molar-refractivity contribution in [2.24, 2.45) is 0 Å². The molecule has 5 nitrogen and oxygen atoms in total. The number of carbonyl (C=O) groups is 2. The minimum Gasteiger partial charge on any atom is -0.495 e. The number of methoxy groups -OCH3 is 2. The van der Waals surface area contributed by atoms with Gasteiger partial charge in [0.05, 0.1) is 31.4 Å². The highest BCUT2D eigenvalue weighted by Gasteiger charge is 2.15. The Kier molecular flexibility index (Phi) is 5.60. The largest absolute Gasteiger partial charge is 0.495 e. The van der Waals surface area contributed by atoms with Crippen LogP contribution in [0.4, 0.5) is 5.69 Å². The van der Waals surface area contributed by atoms with Crippen LogP contribution >= 0.6 is 11.6 Å². The van der Waals surface area contributed by atoms with E-state index in [4.69, 9.17) is 21.1 Å². The molecule has 120 valence electrons. The van der Waals surface area contributed by atoms with Gasteiger partial charge in [-0.05, 0) is 6.07 Å². The van der Waals surface area contributed by atoms with Gasteiger partial charge in [-0.3, -0.25) is 9.59 Å². The lowest BCUT2D eigenvalue weighted by Gasteiger charge is -2.13. The molecule has 1 N–H and O–H groups in total. The van der Waals surface area contributed by atoms with Crippen LogP contribution in [-0.2, 0) is 4.79 Å². The van der Waals surface area contributed by atoms with Crippen molar-refractivity contribution in [2.75, 3.05) is 19.5 Å². The molecule has 6 heteroatoms. The number of Topliss-reactive ketones (excluding diaryl/α,β-unsaturated/α-hetero) is 1. The summed E-state index contributed by atoms with van der Waals surface area (Å²) in [5.41, 5.74) is 0.867. The maximum atomic E-state index is 12.1.